The van der Waals surface area contributed by atoms with E-state index in [2.05, 4.69) is 24.1 Å². The second kappa shape index (κ2) is 7.38. The minimum absolute atomic E-state index is 0.607. The average Bonchev–Trinajstić information content (AvgIpc) is 3.15. The fraction of sp³-hybridized carbons (Fsp3) is 0.800. The summed E-state index contributed by atoms with van der Waals surface area (Å²) in [6.07, 6.45) is 3.87. The van der Waals surface area contributed by atoms with Crippen LogP contribution >= 0.6 is 11.3 Å². The zero-order valence-corrected chi connectivity index (χ0v) is 13.9. The van der Waals surface area contributed by atoms with Gasteiger partial charge in [0.05, 0.1) is 12.3 Å². The molecule has 1 fully saturated rings. The molecule has 0 bridgehead atoms. The number of ether oxygens (including phenoxy) is 1. The van der Waals surface area contributed by atoms with Crippen LogP contribution in [0.1, 0.15) is 43.7 Å². The Hall–Kier alpha value is -0.650. The largest absolute Gasteiger partial charge is 0.378 e. The van der Waals surface area contributed by atoms with Gasteiger partial charge in [-0.2, -0.15) is 0 Å². The molecular weight excluding hydrogens is 270 g/mol. The first-order valence-corrected chi connectivity index (χ1v) is 8.36. The van der Waals surface area contributed by atoms with E-state index >= 15 is 0 Å². The minimum atomic E-state index is 0.607. The number of hydrogen-bond acceptors (Lipinski definition) is 5. The molecule has 0 spiro atoms. The van der Waals surface area contributed by atoms with Gasteiger partial charge in [-0.1, -0.05) is 13.8 Å². The molecule has 1 aromatic heterocycles. The predicted molar refractivity (Wildman–Crippen MR) is 85.4 cm³/mol. The van der Waals surface area contributed by atoms with Crippen LogP contribution in [0.25, 0.3) is 0 Å². The van der Waals surface area contributed by atoms with Crippen molar-refractivity contribution in [3.8, 4) is 0 Å². The van der Waals surface area contributed by atoms with E-state index in [1.165, 1.54) is 29.3 Å². The van der Waals surface area contributed by atoms with Crippen LogP contribution in [0.4, 0.5) is 5.13 Å². The second-order valence-electron chi connectivity index (χ2n) is 5.94. The number of rotatable bonds is 9. The van der Waals surface area contributed by atoms with E-state index in [1.807, 2.05) is 18.4 Å². The molecular formula is C15H27N3OS. The topological polar surface area (TPSA) is 37.4 Å². The molecule has 1 aliphatic carbocycles. The van der Waals surface area contributed by atoms with Gasteiger partial charge in [0, 0.05) is 31.1 Å². The quantitative estimate of drug-likeness (QED) is 0.760. The van der Waals surface area contributed by atoms with E-state index in [0.717, 1.165) is 30.7 Å². The van der Waals surface area contributed by atoms with Gasteiger partial charge in [-0.25, -0.2) is 4.98 Å². The Labute approximate surface area is 126 Å². The van der Waals surface area contributed by atoms with Crippen molar-refractivity contribution < 1.29 is 4.74 Å². The van der Waals surface area contributed by atoms with Gasteiger partial charge < -0.3 is 15.0 Å². The molecule has 1 aliphatic rings. The number of nitrogens with one attached hydrogen (secondary N) is 1. The number of aromatic nitrogens is 1. The summed E-state index contributed by atoms with van der Waals surface area (Å²) in [7, 11) is 3.72. The maximum Gasteiger partial charge on any atom is 0.186 e. The summed E-state index contributed by atoms with van der Waals surface area (Å²) in [5.41, 5.74) is 1.09. The molecule has 1 aromatic rings. The molecule has 114 valence electrons. The molecule has 0 unspecified atom stereocenters. The van der Waals surface area contributed by atoms with E-state index in [0.29, 0.717) is 6.61 Å². The number of nitrogens with zero attached hydrogens (tertiary/aromatic N) is 2. The fourth-order valence-corrected chi connectivity index (χ4v) is 3.43. The van der Waals surface area contributed by atoms with Crippen molar-refractivity contribution in [2.24, 2.45) is 5.92 Å². The van der Waals surface area contributed by atoms with Crippen molar-refractivity contribution in [1.29, 1.82) is 0 Å². The summed E-state index contributed by atoms with van der Waals surface area (Å²) in [5.74, 6) is 0.742. The van der Waals surface area contributed by atoms with E-state index in [1.54, 1.807) is 7.11 Å². The van der Waals surface area contributed by atoms with Gasteiger partial charge in [0.15, 0.2) is 5.13 Å². The highest BCUT2D eigenvalue weighted by molar-refractivity contribution is 7.15. The summed E-state index contributed by atoms with van der Waals surface area (Å²) < 4.78 is 5.28. The molecule has 0 amide bonds. The first-order chi connectivity index (χ1) is 9.65. The summed E-state index contributed by atoms with van der Waals surface area (Å²) in [4.78, 5) is 8.66. The molecule has 20 heavy (non-hydrogen) atoms. The molecule has 0 saturated heterocycles. The van der Waals surface area contributed by atoms with Crippen molar-refractivity contribution in [2.75, 3.05) is 25.6 Å². The van der Waals surface area contributed by atoms with Crippen molar-refractivity contribution in [3.63, 3.8) is 0 Å². The Morgan fingerprint density at radius 3 is 2.75 bits per heavy atom. The monoisotopic (exact) mass is 297 g/mol. The average molecular weight is 297 g/mol. The Morgan fingerprint density at radius 1 is 1.45 bits per heavy atom. The van der Waals surface area contributed by atoms with Crippen molar-refractivity contribution in [3.05, 3.63) is 10.6 Å². The van der Waals surface area contributed by atoms with Gasteiger partial charge in [-0.05, 0) is 32.2 Å². The van der Waals surface area contributed by atoms with E-state index in [4.69, 9.17) is 9.72 Å². The number of anilines is 1. The van der Waals surface area contributed by atoms with Crippen LogP contribution < -0.4 is 10.2 Å². The fourth-order valence-electron chi connectivity index (χ4n) is 2.26. The van der Waals surface area contributed by atoms with Crippen LogP contribution in [0, 0.1) is 5.92 Å². The van der Waals surface area contributed by atoms with Crippen LogP contribution in [-0.2, 0) is 17.9 Å². The summed E-state index contributed by atoms with van der Waals surface area (Å²) in [6.45, 7) is 7.18. The van der Waals surface area contributed by atoms with Crippen LogP contribution in [0.2, 0.25) is 0 Å². The highest BCUT2D eigenvalue weighted by Crippen LogP contribution is 2.36. The van der Waals surface area contributed by atoms with E-state index in [-0.39, 0.29) is 0 Å². The summed E-state index contributed by atoms with van der Waals surface area (Å²) in [5, 5.41) is 4.41. The van der Waals surface area contributed by atoms with Gasteiger partial charge in [0.1, 0.15) is 0 Å². The molecule has 4 nitrogen and oxygen atoms in total. The van der Waals surface area contributed by atoms with Crippen LogP contribution in [-0.4, -0.2) is 31.7 Å². The lowest BCUT2D eigenvalue weighted by atomic mass is 10.1. The van der Waals surface area contributed by atoms with Crippen LogP contribution in [0.3, 0.4) is 0 Å². The van der Waals surface area contributed by atoms with Crippen molar-refractivity contribution in [1.82, 2.24) is 10.3 Å². The summed E-state index contributed by atoms with van der Waals surface area (Å²) in [6, 6.07) is 0.720. The van der Waals surface area contributed by atoms with Gasteiger partial charge in [0.2, 0.25) is 0 Å². The molecule has 0 atom stereocenters. The molecule has 5 heteroatoms. The lowest BCUT2D eigenvalue weighted by Crippen LogP contribution is -2.27. The van der Waals surface area contributed by atoms with E-state index < -0.39 is 0 Å². The highest BCUT2D eigenvalue weighted by Gasteiger charge is 2.31. The molecule has 2 rings (SSSR count). The van der Waals surface area contributed by atoms with Gasteiger partial charge >= 0.3 is 0 Å². The first-order valence-electron chi connectivity index (χ1n) is 7.54. The zero-order valence-electron chi connectivity index (χ0n) is 13.1. The molecule has 0 radical (unpaired) electrons. The highest BCUT2D eigenvalue weighted by atomic mass is 32.1. The smallest absolute Gasteiger partial charge is 0.186 e. The SMILES string of the molecule is CNCc1sc(N(CCC(C)C)C2CC2)nc1COC. The van der Waals surface area contributed by atoms with Crippen LogP contribution in [0.15, 0.2) is 0 Å². The molecule has 0 aromatic carbocycles. The third-order valence-corrected chi connectivity index (χ3v) is 4.70. The predicted octanol–water partition coefficient (Wildman–Crippen LogP) is 3.02. The van der Waals surface area contributed by atoms with Crippen LogP contribution in [0.5, 0.6) is 0 Å². The van der Waals surface area contributed by atoms with Gasteiger partial charge in [-0.3, -0.25) is 0 Å². The van der Waals surface area contributed by atoms with Crippen molar-refractivity contribution >= 4 is 16.5 Å². The lowest BCUT2D eigenvalue weighted by Gasteiger charge is -2.22. The van der Waals surface area contributed by atoms with E-state index in [9.17, 15) is 0 Å². The van der Waals surface area contributed by atoms with Gasteiger partial charge in [-0.15, -0.1) is 11.3 Å². The lowest BCUT2D eigenvalue weighted by molar-refractivity contribution is 0.181. The first kappa shape index (κ1) is 15.7. The number of methoxy groups -OCH3 is 1. The van der Waals surface area contributed by atoms with Gasteiger partial charge in [0.25, 0.3) is 0 Å². The maximum atomic E-state index is 5.28. The number of thiazole rings is 1. The molecule has 1 N–H and O–H groups in total. The summed E-state index contributed by atoms with van der Waals surface area (Å²) >= 11 is 1.82. The Bertz CT molecular complexity index is 392. The molecule has 1 heterocycles. The molecule has 0 aliphatic heterocycles. The Morgan fingerprint density at radius 2 is 2.20 bits per heavy atom. The third kappa shape index (κ3) is 4.17. The maximum absolute atomic E-state index is 5.28. The zero-order chi connectivity index (χ0) is 14.5. The second-order valence-corrected chi connectivity index (χ2v) is 7.00. The standard InChI is InChI=1S/C15H27N3OS/c1-11(2)7-8-18(12-5-6-12)15-17-13(10-19-4)14(20-15)9-16-3/h11-12,16H,5-10H2,1-4H3. The molecule has 1 saturated carbocycles. The van der Waals surface area contributed by atoms with Crippen molar-refractivity contribution in [2.45, 2.75) is 52.3 Å². The third-order valence-electron chi connectivity index (χ3n) is 3.57. The Balaban J connectivity index is 2.12. The minimum Gasteiger partial charge on any atom is -0.378 e. The normalized spacial score (nSPS) is 15.1. The number of hydrogen-bond donors (Lipinski definition) is 1. The Kier molecular flexibility index (Phi) is 5.81.